The van der Waals surface area contributed by atoms with E-state index in [4.69, 9.17) is 11.6 Å². The quantitative estimate of drug-likeness (QED) is 0.761. The molecule has 76 valence electrons. The van der Waals surface area contributed by atoms with Crippen molar-refractivity contribution < 1.29 is 8.78 Å². The summed E-state index contributed by atoms with van der Waals surface area (Å²) >= 11 is 5.88. The van der Waals surface area contributed by atoms with Crippen LogP contribution in [-0.4, -0.2) is 12.0 Å². The molecule has 0 saturated carbocycles. The Bertz CT molecular complexity index is 360. The number of nitrogens with one attached hydrogen (secondary N) is 1. The van der Waals surface area contributed by atoms with Crippen molar-refractivity contribution in [1.82, 2.24) is 0 Å². The van der Waals surface area contributed by atoms with Crippen molar-refractivity contribution in [3.63, 3.8) is 0 Å². The van der Waals surface area contributed by atoms with Crippen molar-refractivity contribution in [3.8, 4) is 0 Å². The second kappa shape index (κ2) is 3.09. The molecule has 4 heteroatoms. The molecule has 0 saturated heterocycles. The number of anilines is 1. The Morgan fingerprint density at radius 2 is 2.21 bits per heavy atom. The van der Waals surface area contributed by atoms with Crippen LogP contribution in [0.2, 0.25) is 5.02 Å². The first-order valence-corrected chi connectivity index (χ1v) is 4.78. The van der Waals surface area contributed by atoms with Crippen molar-refractivity contribution in [2.24, 2.45) is 0 Å². The molecule has 1 aliphatic heterocycles. The molecule has 1 nitrogen and oxygen atoms in total. The summed E-state index contributed by atoms with van der Waals surface area (Å²) in [7, 11) is 0. The molecule has 0 bridgehead atoms. The van der Waals surface area contributed by atoms with Gasteiger partial charge in [0.2, 0.25) is 0 Å². The van der Waals surface area contributed by atoms with Crippen LogP contribution in [0.5, 0.6) is 0 Å². The summed E-state index contributed by atoms with van der Waals surface area (Å²) in [5.74, 6) is -2.72. The highest BCUT2D eigenvalue weighted by atomic mass is 35.5. The summed E-state index contributed by atoms with van der Waals surface area (Å²) in [6.07, 6.45) is 0.333. The van der Waals surface area contributed by atoms with Crippen molar-refractivity contribution in [3.05, 3.63) is 28.8 Å². The SMILES string of the molecule is CC(F)(F)C1Cc2cccc(Cl)c2N1. The van der Waals surface area contributed by atoms with E-state index in [9.17, 15) is 8.78 Å². The molecule has 1 N–H and O–H groups in total. The standard InChI is InChI=1S/C10H10ClF2N/c1-10(12,13)8-5-6-3-2-4-7(11)9(6)14-8/h2-4,8,14H,5H2,1H3. The molecule has 1 aliphatic rings. The van der Waals surface area contributed by atoms with Crippen molar-refractivity contribution >= 4 is 17.3 Å². The zero-order valence-corrected chi connectivity index (χ0v) is 8.41. The predicted octanol–water partition coefficient (Wildman–Crippen LogP) is 3.33. The summed E-state index contributed by atoms with van der Waals surface area (Å²) in [6.45, 7) is 0.921. The first-order valence-electron chi connectivity index (χ1n) is 4.40. The average Bonchev–Trinajstić information content (AvgIpc) is 2.48. The van der Waals surface area contributed by atoms with Crippen LogP contribution in [0.1, 0.15) is 12.5 Å². The molecule has 14 heavy (non-hydrogen) atoms. The number of hydrogen-bond acceptors (Lipinski definition) is 1. The maximum absolute atomic E-state index is 13.0. The molecular formula is C10H10ClF2N. The van der Waals surface area contributed by atoms with Crippen molar-refractivity contribution in [2.45, 2.75) is 25.3 Å². The molecular weight excluding hydrogens is 208 g/mol. The zero-order chi connectivity index (χ0) is 10.3. The second-order valence-corrected chi connectivity index (χ2v) is 4.04. The lowest BCUT2D eigenvalue weighted by Crippen LogP contribution is -2.35. The first kappa shape index (κ1) is 9.71. The van der Waals surface area contributed by atoms with Crippen LogP contribution in [0, 0.1) is 0 Å². The fourth-order valence-corrected chi connectivity index (χ4v) is 1.90. The topological polar surface area (TPSA) is 12.0 Å². The van der Waals surface area contributed by atoms with Crippen LogP contribution in [0.3, 0.4) is 0 Å². The maximum Gasteiger partial charge on any atom is 0.265 e. The van der Waals surface area contributed by atoms with Gasteiger partial charge in [0.15, 0.2) is 0 Å². The van der Waals surface area contributed by atoms with Crippen molar-refractivity contribution in [2.75, 3.05) is 5.32 Å². The monoisotopic (exact) mass is 217 g/mol. The van der Waals surface area contributed by atoms with Crippen LogP contribution < -0.4 is 5.32 Å². The fourth-order valence-electron chi connectivity index (χ4n) is 1.65. The molecule has 1 heterocycles. The number of rotatable bonds is 1. The fraction of sp³-hybridized carbons (Fsp3) is 0.400. The first-order chi connectivity index (χ1) is 6.48. The Balaban J connectivity index is 2.31. The molecule has 0 aromatic heterocycles. The summed E-state index contributed by atoms with van der Waals surface area (Å²) in [5, 5.41) is 3.27. The van der Waals surface area contributed by atoms with Gasteiger partial charge in [-0.3, -0.25) is 0 Å². The summed E-state index contributed by atoms with van der Waals surface area (Å²) in [6, 6.07) is 4.46. The molecule has 0 fully saturated rings. The van der Waals surface area contributed by atoms with Gasteiger partial charge < -0.3 is 5.32 Å². The predicted molar refractivity (Wildman–Crippen MR) is 53.2 cm³/mol. The minimum Gasteiger partial charge on any atom is -0.375 e. The van der Waals surface area contributed by atoms with Crippen LogP contribution in [-0.2, 0) is 6.42 Å². The third-order valence-corrected chi connectivity index (χ3v) is 2.77. The highest BCUT2D eigenvalue weighted by Crippen LogP contribution is 2.37. The van der Waals surface area contributed by atoms with E-state index in [1.54, 1.807) is 12.1 Å². The maximum atomic E-state index is 13.0. The van der Waals surface area contributed by atoms with Gasteiger partial charge in [-0.2, -0.15) is 0 Å². The van der Waals surface area contributed by atoms with Crippen LogP contribution in [0.4, 0.5) is 14.5 Å². The molecule has 0 amide bonds. The van der Waals surface area contributed by atoms with E-state index in [-0.39, 0.29) is 0 Å². The summed E-state index contributed by atoms with van der Waals surface area (Å²) < 4.78 is 26.0. The number of benzene rings is 1. The minimum atomic E-state index is -2.72. The lowest BCUT2D eigenvalue weighted by atomic mass is 10.1. The van der Waals surface area contributed by atoms with E-state index in [0.29, 0.717) is 17.1 Å². The Morgan fingerprint density at radius 1 is 1.50 bits per heavy atom. The van der Waals surface area contributed by atoms with Gasteiger partial charge in [-0.1, -0.05) is 23.7 Å². The van der Waals surface area contributed by atoms with Crippen LogP contribution in [0.15, 0.2) is 18.2 Å². The number of hydrogen-bond donors (Lipinski definition) is 1. The summed E-state index contributed by atoms with van der Waals surface area (Å²) in [4.78, 5) is 0. The summed E-state index contributed by atoms with van der Waals surface area (Å²) in [5.41, 5.74) is 1.52. The highest BCUT2D eigenvalue weighted by molar-refractivity contribution is 6.33. The lowest BCUT2D eigenvalue weighted by molar-refractivity contribution is 0.00371. The molecule has 0 spiro atoms. The van der Waals surface area contributed by atoms with E-state index in [0.717, 1.165) is 12.5 Å². The van der Waals surface area contributed by atoms with E-state index in [1.165, 1.54) is 0 Å². The number of para-hydroxylation sites is 1. The largest absolute Gasteiger partial charge is 0.375 e. The second-order valence-electron chi connectivity index (χ2n) is 3.63. The smallest absolute Gasteiger partial charge is 0.265 e. The number of halogens is 3. The molecule has 1 atom stereocenters. The molecule has 0 radical (unpaired) electrons. The van der Waals surface area contributed by atoms with Gasteiger partial charge in [0.25, 0.3) is 5.92 Å². The van der Waals surface area contributed by atoms with Gasteiger partial charge in [0.05, 0.1) is 16.8 Å². The Morgan fingerprint density at radius 3 is 2.79 bits per heavy atom. The average molecular weight is 218 g/mol. The van der Waals surface area contributed by atoms with E-state index >= 15 is 0 Å². The van der Waals surface area contributed by atoms with Gasteiger partial charge >= 0.3 is 0 Å². The van der Waals surface area contributed by atoms with Gasteiger partial charge in [0, 0.05) is 13.3 Å². The third-order valence-electron chi connectivity index (χ3n) is 2.45. The van der Waals surface area contributed by atoms with Crippen LogP contribution >= 0.6 is 11.6 Å². The number of alkyl halides is 2. The van der Waals surface area contributed by atoms with Crippen molar-refractivity contribution in [1.29, 1.82) is 0 Å². The van der Waals surface area contributed by atoms with Gasteiger partial charge in [-0.05, 0) is 11.6 Å². The normalized spacial score (nSPS) is 20.4. The Labute approximate surface area is 86.1 Å². The van der Waals surface area contributed by atoms with Gasteiger partial charge in [-0.15, -0.1) is 0 Å². The third kappa shape index (κ3) is 1.57. The molecule has 0 aliphatic carbocycles. The Hall–Kier alpha value is -0.830. The van der Waals surface area contributed by atoms with E-state index in [1.807, 2.05) is 6.07 Å². The van der Waals surface area contributed by atoms with E-state index in [2.05, 4.69) is 5.32 Å². The highest BCUT2D eigenvalue weighted by Gasteiger charge is 2.38. The number of fused-ring (bicyclic) bond motifs is 1. The van der Waals surface area contributed by atoms with Gasteiger partial charge in [0.1, 0.15) is 0 Å². The van der Waals surface area contributed by atoms with Gasteiger partial charge in [-0.25, -0.2) is 8.78 Å². The van der Waals surface area contributed by atoms with Crippen LogP contribution in [0.25, 0.3) is 0 Å². The Kier molecular flexibility index (Phi) is 2.14. The molecule has 1 unspecified atom stereocenters. The zero-order valence-electron chi connectivity index (χ0n) is 7.65. The molecule has 1 aromatic rings. The minimum absolute atomic E-state index is 0.333. The lowest BCUT2D eigenvalue weighted by Gasteiger charge is -2.19. The molecule has 2 rings (SSSR count). The van der Waals surface area contributed by atoms with E-state index < -0.39 is 12.0 Å². The molecule has 1 aromatic carbocycles.